The van der Waals surface area contributed by atoms with Gasteiger partial charge in [-0.15, -0.1) is 22.7 Å². The van der Waals surface area contributed by atoms with Crippen LogP contribution in [0.5, 0.6) is 23.0 Å². The van der Waals surface area contributed by atoms with Crippen LogP contribution < -0.4 is 29.9 Å². The smallest absolute Gasteiger partial charge is 0.338 e. The van der Waals surface area contributed by atoms with Gasteiger partial charge in [-0.05, 0) is 128 Å². The summed E-state index contributed by atoms with van der Waals surface area (Å²) in [5.41, 5.74) is 4.74. The number of carbonyl (C=O) groups excluding carboxylic acids is 6. The second kappa shape index (κ2) is 36.0. The van der Waals surface area contributed by atoms with Crippen molar-refractivity contribution in [1.82, 2.24) is 50.0 Å². The third-order valence-corrected chi connectivity index (χ3v) is 23.4. The molecule has 118 heavy (non-hydrogen) atoms. The van der Waals surface area contributed by atoms with Crippen LogP contribution in [0.2, 0.25) is 10.0 Å². The van der Waals surface area contributed by atoms with Gasteiger partial charge in [0.2, 0.25) is 0 Å². The molecule has 30 nitrogen and oxygen atoms in total. The zero-order valence-corrected chi connectivity index (χ0v) is 66.7. The van der Waals surface area contributed by atoms with Crippen LogP contribution in [0.4, 0.5) is 29.7 Å². The van der Waals surface area contributed by atoms with E-state index < -0.39 is 59.5 Å². The van der Waals surface area contributed by atoms with Crippen molar-refractivity contribution >= 4 is 117 Å². The molecule has 0 aliphatic carbocycles. The number of rotatable bonds is 22. The minimum atomic E-state index is -1.12. The molecule has 6 amide bonds. The van der Waals surface area contributed by atoms with Crippen LogP contribution in [-0.4, -0.2) is 252 Å². The lowest BCUT2D eigenvalue weighted by Crippen LogP contribution is -2.53. The summed E-state index contributed by atoms with van der Waals surface area (Å²) in [6.07, 6.45) is 3.33. The number of anilines is 2. The lowest BCUT2D eigenvalue weighted by Gasteiger charge is -2.38. The molecule has 612 valence electrons. The lowest BCUT2D eigenvalue weighted by atomic mass is 9.95. The molecule has 0 spiro atoms. The fourth-order valence-electron chi connectivity index (χ4n) is 15.4. The fourth-order valence-corrected chi connectivity index (χ4v) is 17.1. The second-order valence-corrected chi connectivity index (χ2v) is 31.2. The van der Waals surface area contributed by atoms with Crippen LogP contribution in [0.25, 0.3) is 0 Å². The van der Waals surface area contributed by atoms with Gasteiger partial charge in [0.1, 0.15) is 46.7 Å². The number of fused-ring (bicyclic) bond motifs is 2. The number of aliphatic imine (C=N–C) groups is 2. The fraction of sp³-hybridized carbons (Fsp3) is 0.317. The van der Waals surface area contributed by atoms with Crippen molar-refractivity contribution in [2.45, 2.75) is 49.2 Å². The Bertz CT molecular complexity index is 5270. The molecule has 6 aromatic carbocycles. The van der Waals surface area contributed by atoms with Crippen LogP contribution >= 0.6 is 45.9 Å². The van der Waals surface area contributed by atoms with Gasteiger partial charge in [0.05, 0.1) is 63.4 Å². The Labute approximate surface area is 692 Å². The number of carboxylic acids is 2. The first-order chi connectivity index (χ1) is 57.1. The number of amides is 6. The van der Waals surface area contributed by atoms with Gasteiger partial charge in [0.15, 0.2) is 27.7 Å². The highest BCUT2D eigenvalue weighted by atomic mass is 35.5. The van der Waals surface area contributed by atoms with E-state index >= 15 is 0 Å². The van der Waals surface area contributed by atoms with Gasteiger partial charge >= 0.3 is 35.9 Å². The first-order valence-corrected chi connectivity index (χ1v) is 40.3. The number of aromatic nitrogens is 2. The van der Waals surface area contributed by atoms with Crippen molar-refractivity contribution < 1.29 is 85.8 Å². The number of amidine groups is 2. The van der Waals surface area contributed by atoms with Crippen molar-refractivity contribution in [2.75, 3.05) is 129 Å². The molecule has 6 fully saturated rings. The number of esters is 2. The standard InChI is InChI=1S/C42H41ClFN7O8S.C40H37ClFN7O8S/c1-57-41(55)36-34(46-38(39-45-14-19-60-39)47-37(36)32-12-4-26(44)20-33(32)43)24-48-15-16-50-28(21-48)22-51(42(50)56)27-5-9-30(10-6-27)59-29-7-2-25(3-8-29)40(54)49-17-18-58-31(23-49)11-13-35(52)53;1-55-39(53)33-31(44-35(36-43-12-17-58-36)45-34(33)29-11-4-24(42)18-30(29)41)21-46-13-14-47-26(19-46)20-49(40(47)54)25-5-9-28(10-6-25)57-27-7-2-23(3-8-27)37(50)48-15-16-56-22-32(48)38(51)52/h2-10,12,14,19-20,28,31,37H,11,13,15-18,21-24H2,1H3,(H,46,47)(H,52,53);2-12,17-18,26,32,34H,13-16,19-22H2,1H3,(H,44,45)(H,51,52)/t28-,31+,37-;26-,32+,34-/m00/s1. The van der Waals surface area contributed by atoms with Crippen molar-refractivity contribution in [1.29, 1.82) is 0 Å². The monoisotopic (exact) mass is 1690 g/mol. The van der Waals surface area contributed by atoms with Crippen LogP contribution in [0.15, 0.2) is 189 Å². The number of carboxylic acid groups (broad SMARTS) is 2. The Morgan fingerprint density at radius 1 is 0.559 bits per heavy atom. The minimum Gasteiger partial charge on any atom is -0.481 e. The Hall–Kier alpha value is -11.8. The van der Waals surface area contributed by atoms with E-state index in [4.69, 9.17) is 66.7 Å². The van der Waals surface area contributed by atoms with E-state index in [9.17, 15) is 52.2 Å². The average molecular weight is 1690 g/mol. The Balaban J connectivity index is 0.000000185. The zero-order chi connectivity index (χ0) is 82.4. The van der Waals surface area contributed by atoms with E-state index in [2.05, 4.69) is 30.4 Å². The number of urea groups is 2. The first kappa shape index (κ1) is 81.4. The normalized spacial score (nSPS) is 20.9. The number of nitrogens with zero attached hydrogens (tertiary/aromatic N) is 12. The summed E-state index contributed by atoms with van der Waals surface area (Å²) in [5, 5.41) is 30.3. The van der Waals surface area contributed by atoms with Gasteiger partial charge in [-0.25, -0.2) is 42.7 Å². The summed E-state index contributed by atoms with van der Waals surface area (Å²) in [6, 6.07) is 32.4. The maximum atomic E-state index is 14.1. The SMILES string of the molecule is COC(=O)C1=C(CN2CCN3C(=O)N(c4ccc(Oc5ccc(C(=O)N6CCOC[C@@H]6C(=O)O)cc5)cc4)C[C@@H]3C2)NC(c2nccs2)=N[C@H]1c1ccc(F)cc1Cl.COC(=O)C1=C(CN2CCN3C(=O)N(c4ccc(Oc5ccc(C(=O)N6CCO[C@H](CCC(=O)O)C6)cc5)cc4)C[C@@H]3C2)NC(c2nccs2)=N[C@H]1c1ccc(F)cc1Cl. The molecule has 0 bridgehead atoms. The number of nitrogens with one attached hydrogen (secondary N) is 2. The third-order valence-electron chi connectivity index (χ3n) is 21.2. The van der Waals surface area contributed by atoms with E-state index in [0.717, 1.165) is 5.69 Å². The molecule has 36 heteroatoms. The highest BCUT2D eigenvalue weighted by molar-refractivity contribution is 7.12. The highest BCUT2D eigenvalue weighted by Gasteiger charge is 2.45. The van der Waals surface area contributed by atoms with E-state index in [-0.39, 0.29) is 83.5 Å². The molecule has 2 aromatic heterocycles. The number of piperazine rings is 2. The van der Waals surface area contributed by atoms with Gasteiger partial charge in [0.25, 0.3) is 11.8 Å². The Morgan fingerprint density at radius 3 is 1.44 bits per heavy atom. The molecule has 0 radical (unpaired) electrons. The molecule has 8 aromatic rings. The van der Waals surface area contributed by atoms with Gasteiger partial charge < -0.3 is 68.9 Å². The molecule has 8 aliphatic rings. The van der Waals surface area contributed by atoms with Crippen LogP contribution in [0.1, 0.15) is 66.8 Å². The first-order valence-electron chi connectivity index (χ1n) is 37.8. The van der Waals surface area contributed by atoms with Gasteiger partial charge in [0, 0.05) is 170 Å². The average Bonchev–Trinajstić information content (AvgIpc) is 0.963. The van der Waals surface area contributed by atoms with Crippen molar-refractivity contribution in [3.63, 3.8) is 0 Å². The molecule has 10 heterocycles. The molecule has 4 N–H and O–H groups in total. The summed E-state index contributed by atoms with van der Waals surface area (Å²) < 4.78 is 61.6. The predicted octanol–water partition coefficient (Wildman–Crippen LogP) is 10.4. The summed E-state index contributed by atoms with van der Waals surface area (Å²) in [6.45, 7) is 6.08. The summed E-state index contributed by atoms with van der Waals surface area (Å²) >= 11 is 15.8. The lowest BCUT2D eigenvalue weighted by molar-refractivity contribution is -0.147. The molecule has 0 unspecified atom stereocenters. The van der Waals surface area contributed by atoms with Gasteiger partial charge in [-0.3, -0.25) is 44.0 Å². The summed E-state index contributed by atoms with van der Waals surface area (Å²) in [7, 11) is 2.59. The summed E-state index contributed by atoms with van der Waals surface area (Å²) in [5.74, 6) is -1.81. The zero-order valence-electron chi connectivity index (χ0n) is 63.5. The second-order valence-electron chi connectivity index (χ2n) is 28.6. The molecule has 8 aliphatic heterocycles. The van der Waals surface area contributed by atoms with Crippen LogP contribution in [0.3, 0.4) is 0 Å². The van der Waals surface area contributed by atoms with E-state index in [1.54, 1.807) is 99.9 Å². The van der Waals surface area contributed by atoms with Crippen molar-refractivity contribution in [2.24, 2.45) is 9.98 Å². The van der Waals surface area contributed by atoms with Gasteiger partial charge in [-0.1, -0.05) is 35.3 Å². The van der Waals surface area contributed by atoms with Crippen molar-refractivity contribution in [3.05, 3.63) is 233 Å². The Kier molecular flexibility index (Phi) is 24.8. The topological polar surface area (TPSA) is 333 Å². The van der Waals surface area contributed by atoms with Crippen molar-refractivity contribution in [3.8, 4) is 23.0 Å². The largest absolute Gasteiger partial charge is 0.481 e. The van der Waals surface area contributed by atoms with E-state index in [1.165, 1.54) is 78.2 Å². The maximum Gasteiger partial charge on any atom is 0.338 e. The molecule has 6 saturated heterocycles. The van der Waals surface area contributed by atoms with Crippen LogP contribution in [0, 0.1) is 11.6 Å². The molecule has 0 saturated carbocycles. The number of aliphatic carboxylic acids is 2. The molecule has 16 rings (SSSR count). The number of methoxy groups -OCH3 is 2. The number of halogens is 4. The summed E-state index contributed by atoms with van der Waals surface area (Å²) in [4.78, 5) is 136. The highest BCUT2D eigenvalue weighted by Crippen LogP contribution is 2.41. The van der Waals surface area contributed by atoms with Gasteiger partial charge in [-0.2, -0.15) is 0 Å². The number of hydrogen-bond donors (Lipinski definition) is 4. The molecular formula is C82H78Cl2F2N14O16S2. The number of hydrogen-bond acceptors (Lipinski definition) is 24. The number of benzene rings is 6. The van der Waals surface area contributed by atoms with E-state index in [0.29, 0.717) is 176 Å². The maximum absolute atomic E-state index is 14.1. The number of ether oxygens (including phenoxy) is 6. The minimum absolute atomic E-state index is 0.0169. The third kappa shape index (κ3) is 18.0. The predicted molar refractivity (Wildman–Crippen MR) is 431 cm³/mol. The quantitative estimate of drug-likeness (QED) is 0.0458. The number of morpholine rings is 2. The number of thiazole rings is 2. The Morgan fingerprint density at radius 2 is 1.02 bits per heavy atom. The molecule has 6 atom stereocenters. The number of carbonyl (C=O) groups is 8. The van der Waals surface area contributed by atoms with Crippen LogP contribution in [-0.2, 0) is 38.1 Å². The molecular weight excluding hydrogens is 1610 g/mol. The van der Waals surface area contributed by atoms with E-state index in [1.807, 2.05) is 44.8 Å².